The average Bonchev–Trinajstić information content (AvgIpc) is 3.24. The molecule has 3 saturated carbocycles. The number of sulfonamides is 2. The standard InChI is InChI=1S/C14H26N2O4S2/c1-13(2)11(15-21(17,18)9-5-6-9)14(3,4)12(13)16-22(19,20)10-7-8-10/h9-12,15-16H,5-8H2,1-4H3. The van der Waals surface area contributed by atoms with Crippen LogP contribution in [-0.2, 0) is 20.0 Å². The van der Waals surface area contributed by atoms with Gasteiger partial charge in [0.05, 0.1) is 10.5 Å². The molecule has 0 spiro atoms. The van der Waals surface area contributed by atoms with E-state index < -0.39 is 30.9 Å². The smallest absolute Gasteiger partial charge is 0.212 e. The highest BCUT2D eigenvalue weighted by molar-refractivity contribution is 7.90. The topological polar surface area (TPSA) is 92.3 Å². The van der Waals surface area contributed by atoms with E-state index in [1.807, 2.05) is 27.7 Å². The van der Waals surface area contributed by atoms with Gasteiger partial charge in [-0.05, 0) is 36.5 Å². The maximum absolute atomic E-state index is 12.2. The Kier molecular flexibility index (Phi) is 3.54. The lowest BCUT2D eigenvalue weighted by molar-refractivity contribution is -0.0683. The first kappa shape index (κ1) is 16.7. The monoisotopic (exact) mass is 350 g/mol. The lowest BCUT2D eigenvalue weighted by Crippen LogP contribution is -2.77. The van der Waals surface area contributed by atoms with Crippen molar-refractivity contribution >= 4 is 20.0 Å². The quantitative estimate of drug-likeness (QED) is 0.746. The Hall–Kier alpha value is -0.180. The van der Waals surface area contributed by atoms with Crippen LogP contribution in [0.25, 0.3) is 0 Å². The minimum absolute atomic E-state index is 0.263. The van der Waals surface area contributed by atoms with Gasteiger partial charge in [0.25, 0.3) is 0 Å². The summed E-state index contributed by atoms with van der Waals surface area (Å²) in [7, 11) is -6.58. The van der Waals surface area contributed by atoms with Crippen LogP contribution in [0.4, 0.5) is 0 Å². The molecule has 22 heavy (non-hydrogen) atoms. The van der Waals surface area contributed by atoms with Gasteiger partial charge in [0.1, 0.15) is 0 Å². The third-order valence-electron chi connectivity index (χ3n) is 5.47. The summed E-state index contributed by atoms with van der Waals surface area (Å²) in [6.45, 7) is 7.72. The number of hydrogen-bond donors (Lipinski definition) is 2. The third kappa shape index (κ3) is 2.61. The van der Waals surface area contributed by atoms with Gasteiger partial charge in [0.15, 0.2) is 0 Å². The molecule has 0 bridgehead atoms. The lowest BCUT2D eigenvalue weighted by atomic mass is 9.49. The molecule has 0 radical (unpaired) electrons. The SMILES string of the molecule is CC1(C)C(NS(=O)(=O)C2CC2)C(C)(C)C1NS(=O)(=O)C1CC1. The fourth-order valence-electron chi connectivity index (χ4n) is 4.04. The zero-order valence-corrected chi connectivity index (χ0v) is 15.2. The molecular formula is C14H26N2O4S2. The molecule has 0 atom stereocenters. The van der Waals surface area contributed by atoms with Crippen molar-refractivity contribution in [2.45, 2.75) is 76.0 Å². The van der Waals surface area contributed by atoms with Crippen molar-refractivity contribution in [3.05, 3.63) is 0 Å². The first-order valence-corrected chi connectivity index (χ1v) is 11.0. The molecule has 2 N–H and O–H groups in total. The molecule has 0 heterocycles. The zero-order valence-electron chi connectivity index (χ0n) is 13.6. The first-order valence-electron chi connectivity index (χ1n) is 7.91. The van der Waals surface area contributed by atoms with Gasteiger partial charge in [-0.1, -0.05) is 27.7 Å². The van der Waals surface area contributed by atoms with E-state index in [0.29, 0.717) is 0 Å². The van der Waals surface area contributed by atoms with Crippen LogP contribution in [0.15, 0.2) is 0 Å². The number of nitrogens with one attached hydrogen (secondary N) is 2. The maximum atomic E-state index is 12.2. The van der Waals surface area contributed by atoms with Crippen molar-refractivity contribution in [1.29, 1.82) is 0 Å². The summed E-state index contributed by atoms with van der Waals surface area (Å²) in [6.07, 6.45) is 2.89. The van der Waals surface area contributed by atoms with Gasteiger partial charge in [-0.15, -0.1) is 0 Å². The van der Waals surface area contributed by atoms with Gasteiger partial charge in [-0.3, -0.25) is 0 Å². The van der Waals surface area contributed by atoms with E-state index in [9.17, 15) is 16.8 Å². The van der Waals surface area contributed by atoms with Crippen molar-refractivity contribution < 1.29 is 16.8 Å². The van der Waals surface area contributed by atoms with Gasteiger partial charge < -0.3 is 0 Å². The summed E-state index contributed by atoms with van der Waals surface area (Å²) in [5.74, 6) is 0. The normalized spacial score (nSPS) is 34.2. The van der Waals surface area contributed by atoms with Gasteiger partial charge in [0.2, 0.25) is 20.0 Å². The Balaban J connectivity index is 1.77. The van der Waals surface area contributed by atoms with E-state index in [1.54, 1.807) is 0 Å². The molecule has 3 rings (SSSR count). The Bertz CT molecular complexity index is 602. The van der Waals surface area contributed by atoms with Crippen molar-refractivity contribution in [3.63, 3.8) is 0 Å². The van der Waals surface area contributed by atoms with Crippen LogP contribution in [0, 0.1) is 10.8 Å². The van der Waals surface area contributed by atoms with E-state index >= 15 is 0 Å². The van der Waals surface area contributed by atoms with E-state index in [-0.39, 0.29) is 22.6 Å². The summed E-state index contributed by atoms with van der Waals surface area (Å²) < 4.78 is 54.6. The summed E-state index contributed by atoms with van der Waals surface area (Å²) in [5.41, 5.74) is -0.902. The van der Waals surface area contributed by atoms with Crippen LogP contribution in [0.3, 0.4) is 0 Å². The van der Waals surface area contributed by atoms with E-state index in [1.165, 1.54) is 0 Å². The summed E-state index contributed by atoms with van der Waals surface area (Å²) in [6, 6.07) is -0.532. The summed E-state index contributed by atoms with van der Waals surface area (Å²) >= 11 is 0. The largest absolute Gasteiger partial charge is 0.214 e. The predicted molar refractivity (Wildman–Crippen MR) is 85.3 cm³/mol. The van der Waals surface area contributed by atoms with Crippen molar-refractivity contribution in [2.24, 2.45) is 10.8 Å². The van der Waals surface area contributed by atoms with Crippen molar-refractivity contribution in [2.75, 3.05) is 0 Å². The van der Waals surface area contributed by atoms with Crippen LogP contribution < -0.4 is 9.44 Å². The highest BCUT2D eigenvalue weighted by atomic mass is 32.2. The molecule has 0 aromatic carbocycles. The lowest BCUT2D eigenvalue weighted by Gasteiger charge is -2.63. The molecule has 0 aromatic heterocycles. The second kappa shape index (κ2) is 4.68. The highest BCUT2D eigenvalue weighted by Gasteiger charge is 2.64. The Morgan fingerprint density at radius 3 is 1.18 bits per heavy atom. The minimum atomic E-state index is -3.29. The third-order valence-corrected chi connectivity index (χ3v) is 9.29. The number of rotatable bonds is 6. The second-order valence-electron chi connectivity index (χ2n) is 8.23. The summed E-state index contributed by atoms with van der Waals surface area (Å²) in [5, 5.41) is -0.525. The van der Waals surface area contributed by atoms with Crippen LogP contribution in [0.2, 0.25) is 0 Å². The molecule has 0 saturated heterocycles. The van der Waals surface area contributed by atoms with Crippen LogP contribution in [-0.4, -0.2) is 39.4 Å². The van der Waals surface area contributed by atoms with Gasteiger partial charge in [-0.2, -0.15) is 0 Å². The molecule has 0 unspecified atom stereocenters. The minimum Gasteiger partial charge on any atom is -0.212 e. The average molecular weight is 351 g/mol. The second-order valence-corrected chi connectivity index (χ2v) is 12.2. The predicted octanol–water partition coefficient (Wildman–Crippen LogP) is 0.953. The van der Waals surface area contributed by atoms with E-state index in [2.05, 4.69) is 9.44 Å². The molecule has 0 aliphatic heterocycles. The molecule has 3 aliphatic rings. The molecule has 6 nitrogen and oxygen atoms in total. The summed E-state index contributed by atoms with van der Waals surface area (Å²) in [4.78, 5) is 0. The zero-order chi connectivity index (χ0) is 16.6. The van der Waals surface area contributed by atoms with Gasteiger partial charge in [-0.25, -0.2) is 26.3 Å². The van der Waals surface area contributed by atoms with Crippen LogP contribution >= 0.6 is 0 Å². The Labute approximate surface area is 133 Å². The van der Waals surface area contributed by atoms with Crippen LogP contribution in [0.1, 0.15) is 53.4 Å². The fourth-order valence-corrected chi connectivity index (χ4v) is 7.81. The van der Waals surface area contributed by atoms with Gasteiger partial charge >= 0.3 is 0 Å². The van der Waals surface area contributed by atoms with E-state index in [4.69, 9.17) is 0 Å². The molecule has 0 amide bonds. The fraction of sp³-hybridized carbons (Fsp3) is 1.00. The number of hydrogen-bond acceptors (Lipinski definition) is 4. The van der Waals surface area contributed by atoms with Gasteiger partial charge in [0, 0.05) is 12.1 Å². The molecule has 0 aromatic rings. The Morgan fingerprint density at radius 2 is 0.955 bits per heavy atom. The maximum Gasteiger partial charge on any atom is 0.214 e. The van der Waals surface area contributed by atoms with Crippen molar-refractivity contribution in [3.8, 4) is 0 Å². The molecular weight excluding hydrogens is 324 g/mol. The first-order chi connectivity index (χ1) is 9.89. The molecule has 128 valence electrons. The molecule has 8 heteroatoms. The van der Waals surface area contributed by atoms with Crippen LogP contribution in [0.5, 0.6) is 0 Å². The molecule has 3 aliphatic carbocycles. The van der Waals surface area contributed by atoms with Crippen molar-refractivity contribution in [1.82, 2.24) is 9.44 Å². The highest BCUT2D eigenvalue weighted by Crippen LogP contribution is 2.55. The molecule has 3 fully saturated rings. The Morgan fingerprint density at radius 1 is 0.682 bits per heavy atom. The van der Waals surface area contributed by atoms with E-state index in [0.717, 1.165) is 25.7 Å².